The number of rotatable bonds is 3. The summed E-state index contributed by atoms with van der Waals surface area (Å²) in [5.74, 6) is -1.76. The van der Waals surface area contributed by atoms with Gasteiger partial charge in [-0.1, -0.05) is 11.6 Å². The molecule has 0 aromatic carbocycles. The Morgan fingerprint density at radius 1 is 1.45 bits per heavy atom. The molecule has 0 heterocycles. The molecule has 0 aliphatic rings. The van der Waals surface area contributed by atoms with Gasteiger partial charge in [0.25, 0.3) is 0 Å². The minimum Gasteiger partial charge on any atom is -0.481 e. The van der Waals surface area contributed by atoms with Gasteiger partial charge >= 0.3 is 5.97 Å². The second-order valence-corrected chi connectivity index (χ2v) is 2.85. The van der Waals surface area contributed by atoms with E-state index in [0.29, 0.717) is 0 Å². The quantitative estimate of drug-likeness (QED) is 0.603. The summed E-state index contributed by atoms with van der Waals surface area (Å²) in [4.78, 5) is 10.5. The molecule has 2 N–H and O–H groups in total. The van der Waals surface area contributed by atoms with Gasteiger partial charge in [-0.3, -0.25) is 4.79 Å². The van der Waals surface area contributed by atoms with Gasteiger partial charge in [0, 0.05) is 0 Å². The van der Waals surface area contributed by atoms with Gasteiger partial charge in [-0.15, -0.1) is 0 Å². The summed E-state index contributed by atoms with van der Waals surface area (Å²) in [5, 5.41) is 17.6. The van der Waals surface area contributed by atoms with Crippen LogP contribution in [0.5, 0.6) is 0 Å². The van der Waals surface area contributed by atoms with E-state index >= 15 is 0 Å². The van der Waals surface area contributed by atoms with Crippen molar-refractivity contribution < 1.29 is 15.0 Å². The lowest BCUT2D eigenvalue weighted by Gasteiger charge is -2.10. The van der Waals surface area contributed by atoms with Crippen molar-refractivity contribution in [1.82, 2.24) is 0 Å². The number of hydrogen-bond donors (Lipinski definition) is 2. The van der Waals surface area contributed by atoms with Crippen LogP contribution in [0, 0.1) is 5.92 Å². The number of aliphatic hydroxyl groups is 1. The maximum atomic E-state index is 10.5. The topological polar surface area (TPSA) is 57.5 Å². The molecule has 0 radical (unpaired) electrons. The van der Waals surface area contributed by atoms with E-state index < -0.39 is 18.0 Å². The number of aliphatic carboxylic acids is 1. The molecule has 0 amide bonds. The molecule has 0 aromatic rings. The average Bonchev–Trinajstić information content (AvgIpc) is 1.81. The Bertz CT molecular complexity index is 166. The number of carboxylic acid groups (broad SMARTS) is 1. The highest BCUT2D eigenvalue weighted by molar-refractivity contribution is 5.72. The van der Waals surface area contributed by atoms with Crippen molar-refractivity contribution in [3.8, 4) is 0 Å². The molecule has 0 fully saturated rings. The first-order valence-electron chi connectivity index (χ1n) is 3.51. The summed E-state index contributed by atoms with van der Waals surface area (Å²) < 4.78 is 0. The summed E-state index contributed by atoms with van der Waals surface area (Å²) in [6.45, 7) is 5.08. The first kappa shape index (κ1) is 10.2. The van der Waals surface area contributed by atoms with Crippen molar-refractivity contribution in [1.29, 1.82) is 0 Å². The predicted molar refractivity (Wildman–Crippen MR) is 42.2 cm³/mol. The van der Waals surface area contributed by atoms with Crippen LogP contribution in [0.3, 0.4) is 0 Å². The summed E-state index contributed by atoms with van der Waals surface area (Å²) in [6, 6.07) is 0. The van der Waals surface area contributed by atoms with Gasteiger partial charge in [-0.2, -0.15) is 0 Å². The Hall–Kier alpha value is -0.830. The summed E-state index contributed by atoms with van der Waals surface area (Å²) in [5.41, 5.74) is 0.901. The van der Waals surface area contributed by atoms with Crippen LogP contribution in [0.1, 0.15) is 20.8 Å². The molecule has 0 aliphatic carbocycles. The van der Waals surface area contributed by atoms with E-state index in [0.717, 1.165) is 5.57 Å². The third kappa shape index (κ3) is 3.78. The second kappa shape index (κ2) is 4.13. The lowest BCUT2D eigenvalue weighted by molar-refractivity contribution is -0.142. The Morgan fingerprint density at radius 3 is 2.00 bits per heavy atom. The van der Waals surface area contributed by atoms with Crippen molar-refractivity contribution in [3.63, 3.8) is 0 Å². The fourth-order valence-corrected chi connectivity index (χ4v) is 0.776. The lowest BCUT2D eigenvalue weighted by Crippen LogP contribution is -2.23. The normalized spacial score (nSPS) is 15.3. The van der Waals surface area contributed by atoms with Crippen LogP contribution in [0.25, 0.3) is 0 Å². The van der Waals surface area contributed by atoms with Crippen LogP contribution in [0.2, 0.25) is 0 Å². The number of hydrogen-bond acceptors (Lipinski definition) is 2. The van der Waals surface area contributed by atoms with Crippen molar-refractivity contribution in [3.05, 3.63) is 11.6 Å². The summed E-state index contributed by atoms with van der Waals surface area (Å²) in [6.07, 6.45) is 0.718. The maximum absolute atomic E-state index is 10.5. The first-order valence-corrected chi connectivity index (χ1v) is 3.51. The Morgan fingerprint density at radius 2 is 1.91 bits per heavy atom. The minimum atomic E-state index is -0.985. The fraction of sp³-hybridized carbons (Fsp3) is 0.625. The number of allylic oxidation sites excluding steroid dienone is 1. The molecule has 0 aliphatic heterocycles. The molecule has 0 saturated heterocycles. The highest BCUT2D eigenvalue weighted by Crippen LogP contribution is 2.08. The molecule has 0 bridgehead atoms. The molecule has 2 atom stereocenters. The van der Waals surface area contributed by atoms with E-state index in [1.165, 1.54) is 6.92 Å². The SMILES string of the molecule is CC(C)=C[C@@H](C(=O)O)[C@@H](C)O. The highest BCUT2D eigenvalue weighted by Gasteiger charge is 2.19. The van der Waals surface area contributed by atoms with Crippen LogP contribution >= 0.6 is 0 Å². The van der Waals surface area contributed by atoms with Crippen LogP contribution in [0.15, 0.2) is 11.6 Å². The molecule has 11 heavy (non-hydrogen) atoms. The summed E-state index contributed by atoms with van der Waals surface area (Å²) in [7, 11) is 0. The van der Waals surface area contributed by atoms with Crippen LogP contribution in [-0.2, 0) is 4.79 Å². The molecular formula is C8H14O3. The summed E-state index contributed by atoms with van der Waals surface area (Å²) >= 11 is 0. The first-order chi connectivity index (χ1) is 4.95. The molecule has 0 spiro atoms. The Labute approximate surface area is 66.4 Å². The zero-order valence-corrected chi connectivity index (χ0v) is 7.03. The maximum Gasteiger partial charge on any atom is 0.312 e. The van der Waals surface area contributed by atoms with Crippen LogP contribution in [-0.4, -0.2) is 22.3 Å². The largest absolute Gasteiger partial charge is 0.481 e. The van der Waals surface area contributed by atoms with Gasteiger partial charge < -0.3 is 10.2 Å². The monoisotopic (exact) mass is 158 g/mol. The van der Waals surface area contributed by atoms with E-state index in [2.05, 4.69) is 0 Å². The number of carboxylic acids is 1. The van der Waals surface area contributed by atoms with Gasteiger partial charge in [0.15, 0.2) is 0 Å². The van der Waals surface area contributed by atoms with Crippen molar-refractivity contribution >= 4 is 5.97 Å². The zero-order chi connectivity index (χ0) is 9.02. The zero-order valence-electron chi connectivity index (χ0n) is 7.03. The smallest absolute Gasteiger partial charge is 0.312 e. The van der Waals surface area contributed by atoms with E-state index in [9.17, 15) is 4.79 Å². The molecule has 0 saturated carbocycles. The van der Waals surface area contributed by atoms with Gasteiger partial charge in [-0.25, -0.2) is 0 Å². The van der Waals surface area contributed by atoms with Crippen LogP contribution in [0.4, 0.5) is 0 Å². The highest BCUT2D eigenvalue weighted by atomic mass is 16.4. The van der Waals surface area contributed by atoms with Crippen molar-refractivity contribution in [2.45, 2.75) is 26.9 Å². The van der Waals surface area contributed by atoms with Crippen LogP contribution < -0.4 is 0 Å². The average molecular weight is 158 g/mol. The molecule has 0 rings (SSSR count). The van der Waals surface area contributed by atoms with Gasteiger partial charge in [-0.05, 0) is 20.8 Å². The van der Waals surface area contributed by atoms with Crippen molar-refractivity contribution in [2.75, 3.05) is 0 Å². The predicted octanol–water partition coefficient (Wildman–Crippen LogP) is 1.03. The van der Waals surface area contributed by atoms with Gasteiger partial charge in [0.1, 0.15) is 5.92 Å². The third-order valence-electron chi connectivity index (χ3n) is 1.32. The lowest BCUT2D eigenvalue weighted by atomic mass is 10.0. The number of aliphatic hydroxyl groups excluding tert-OH is 1. The van der Waals surface area contributed by atoms with Gasteiger partial charge in [0.2, 0.25) is 0 Å². The Kier molecular flexibility index (Phi) is 3.82. The minimum absolute atomic E-state index is 0.778. The third-order valence-corrected chi connectivity index (χ3v) is 1.32. The molecule has 0 aromatic heterocycles. The Balaban J connectivity index is 4.36. The molecule has 0 unspecified atom stereocenters. The van der Waals surface area contributed by atoms with E-state index in [-0.39, 0.29) is 0 Å². The van der Waals surface area contributed by atoms with E-state index in [1.807, 2.05) is 0 Å². The fourth-order valence-electron chi connectivity index (χ4n) is 0.776. The number of carbonyl (C=O) groups is 1. The van der Waals surface area contributed by atoms with E-state index in [4.69, 9.17) is 10.2 Å². The standard InChI is InChI=1S/C8H14O3/c1-5(2)4-7(6(3)9)8(10)11/h4,6-7,9H,1-3H3,(H,10,11)/t6-,7-/m1/s1. The van der Waals surface area contributed by atoms with E-state index in [1.54, 1.807) is 19.9 Å². The molecule has 3 heteroatoms. The molecular weight excluding hydrogens is 144 g/mol. The molecule has 3 nitrogen and oxygen atoms in total. The van der Waals surface area contributed by atoms with Gasteiger partial charge in [0.05, 0.1) is 6.10 Å². The van der Waals surface area contributed by atoms with Crippen molar-refractivity contribution in [2.24, 2.45) is 5.92 Å². The molecule has 64 valence electrons. The second-order valence-electron chi connectivity index (χ2n) is 2.85.